The van der Waals surface area contributed by atoms with Crippen LogP contribution in [0.25, 0.3) is 16.8 Å². The molecule has 0 bridgehead atoms. The fourth-order valence-corrected chi connectivity index (χ4v) is 9.40. The number of rotatable bonds is 4. The Morgan fingerprint density at radius 1 is 0.808 bits per heavy atom. The minimum atomic E-state index is -0.511. The van der Waals surface area contributed by atoms with Gasteiger partial charge in [-0.05, 0) is 99.7 Å². The van der Waals surface area contributed by atoms with Crippen molar-refractivity contribution in [3.63, 3.8) is 0 Å². The van der Waals surface area contributed by atoms with E-state index in [9.17, 15) is 0 Å². The smallest absolute Gasteiger partial charge is 0.0766 e. The van der Waals surface area contributed by atoms with Gasteiger partial charge in [-0.2, -0.15) is 0 Å². The van der Waals surface area contributed by atoms with E-state index in [1.54, 1.807) is 0 Å². The molecule has 2 aliphatic heterocycles. The molecule has 0 saturated carbocycles. The second-order valence-corrected chi connectivity index (χ2v) is 14.9. The number of anilines is 2. The van der Waals surface area contributed by atoms with E-state index < -0.39 is 5.41 Å². The van der Waals surface area contributed by atoms with Gasteiger partial charge in [-0.1, -0.05) is 135 Å². The molecule has 5 aromatic rings. The van der Waals surface area contributed by atoms with Crippen molar-refractivity contribution in [2.75, 3.05) is 4.90 Å². The van der Waals surface area contributed by atoms with Crippen LogP contribution >= 0.6 is 0 Å². The van der Waals surface area contributed by atoms with Gasteiger partial charge in [0, 0.05) is 34.8 Å². The third kappa shape index (κ3) is 4.62. The van der Waals surface area contributed by atoms with Gasteiger partial charge in [-0.3, -0.25) is 4.98 Å². The Hall–Kier alpha value is -5.93. The topological polar surface area (TPSA) is 28.2 Å². The number of hydrogen-bond acceptors (Lipinski definition) is 3. The largest absolute Gasteiger partial charge is 0.374 e. The maximum atomic E-state index is 5.12. The van der Waals surface area contributed by atoms with Crippen molar-refractivity contribution in [1.82, 2.24) is 10.3 Å². The van der Waals surface area contributed by atoms with Crippen LogP contribution in [-0.2, 0) is 5.41 Å². The number of nitrogens with zero attached hydrogens (tertiary/aromatic N) is 2. The predicted octanol–water partition coefficient (Wildman–Crippen LogP) is 11.5. The van der Waals surface area contributed by atoms with Crippen LogP contribution in [0.4, 0.5) is 11.4 Å². The first-order chi connectivity index (χ1) is 25.6. The molecule has 3 heteroatoms. The highest BCUT2D eigenvalue weighted by atomic mass is 15.2. The summed E-state index contributed by atoms with van der Waals surface area (Å²) in [6, 6.07) is 42.4. The molecule has 1 aromatic heterocycles. The Kier molecular flexibility index (Phi) is 7.18. The molecule has 10 rings (SSSR count). The van der Waals surface area contributed by atoms with Gasteiger partial charge in [0.05, 0.1) is 22.8 Å². The molecule has 0 saturated heterocycles. The van der Waals surface area contributed by atoms with E-state index in [4.69, 9.17) is 4.98 Å². The van der Waals surface area contributed by atoms with Crippen molar-refractivity contribution >= 4 is 16.9 Å². The lowest BCUT2D eigenvalue weighted by molar-refractivity contribution is 0.608. The summed E-state index contributed by atoms with van der Waals surface area (Å²) in [5.74, 6) is 0.843. The Balaban J connectivity index is 1.21. The Morgan fingerprint density at radius 2 is 1.60 bits per heavy atom. The highest BCUT2D eigenvalue weighted by Gasteiger charge is 2.54. The molecular formula is C49H41N3. The number of dihydropyridines is 1. The highest BCUT2D eigenvalue weighted by molar-refractivity contribution is 5.91. The normalized spacial score (nSPS) is 23.9. The first-order valence-corrected chi connectivity index (χ1v) is 18.7. The average molecular weight is 672 g/mol. The molecule has 0 radical (unpaired) electrons. The van der Waals surface area contributed by atoms with Crippen molar-refractivity contribution in [1.29, 1.82) is 0 Å². The molecule has 4 unspecified atom stereocenters. The van der Waals surface area contributed by atoms with Gasteiger partial charge in [-0.25, -0.2) is 0 Å². The van der Waals surface area contributed by atoms with Crippen LogP contribution in [0.5, 0.6) is 0 Å². The second-order valence-electron chi connectivity index (χ2n) is 14.9. The summed E-state index contributed by atoms with van der Waals surface area (Å²) in [6.45, 7) is 4.69. The maximum absolute atomic E-state index is 5.12. The van der Waals surface area contributed by atoms with E-state index in [-0.39, 0.29) is 6.04 Å². The fourth-order valence-electron chi connectivity index (χ4n) is 9.40. The van der Waals surface area contributed by atoms with Crippen LogP contribution in [0.2, 0.25) is 0 Å². The lowest BCUT2D eigenvalue weighted by Gasteiger charge is -2.48. The summed E-state index contributed by atoms with van der Waals surface area (Å²) in [5, 5.41) is 4.01. The maximum Gasteiger partial charge on any atom is 0.0766 e. The third-order valence-corrected chi connectivity index (χ3v) is 11.7. The van der Waals surface area contributed by atoms with E-state index in [1.165, 1.54) is 72.9 Å². The molecule has 3 nitrogen and oxygen atoms in total. The van der Waals surface area contributed by atoms with Crippen LogP contribution in [0, 0.1) is 11.8 Å². The number of fused-ring (bicyclic) bond motifs is 8. The van der Waals surface area contributed by atoms with Crippen LogP contribution in [-0.4, -0.2) is 4.98 Å². The second kappa shape index (κ2) is 12.1. The van der Waals surface area contributed by atoms with E-state index in [0.29, 0.717) is 11.8 Å². The number of pyridine rings is 1. The zero-order valence-electron chi connectivity index (χ0n) is 29.6. The molecule has 0 amide bonds. The number of nitrogens with one attached hydrogen (secondary N) is 1. The quantitative estimate of drug-likeness (QED) is 0.206. The predicted molar refractivity (Wildman–Crippen MR) is 214 cm³/mol. The minimum Gasteiger partial charge on any atom is -0.374 e. The van der Waals surface area contributed by atoms with Gasteiger partial charge in [0.2, 0.25) is 0 Å². The Labute approximate surface area is 306 Å². The Morgan fingerprint density at radius 3 is 2.44 bits per heavy atom. The van der Waals surface area contributed by atoms with Crippen molar-refractivity contribution in [2.24, 2.45) is 11.8 Å². The van der Waals surface area contributed by atoms with Gasteiger partial charge in [0.25, 0.3) is 0 Å². The molecular weight excluding hydrogens is 631 g/mol. The lowest BCUT2D eigenvalue weighted by atomic mass is 9.62. The van der Waals surface area contributed by atoms with Crippen molar-refractivity contribution in [3.8, 4) is 11.3 Å². The zero-order valence-corrected chi connectivity index (χ0v) is 29.6. The number of allylic oxidation sites excluding steroid dienone is 10. The Bertz CT molecular complexity index is 2430. The van der Waals surface area contributed by atoms with Crippen LogP contribution in [0.3, 0.4) is 0 Å². The zero-order chi connectivity index (χ0) is 34.8. The molecule has 4 aromatic carbocycles. The lowest BCUT2D eigenvalue weighted by Crippen LogP contribution is -2.41. The summed E-state index contributed by atoms with van der Waals surface area (Å²) in [6.07, 6.45) is 20.4. The van der Waals surface area contributed by atoms with E-state index in [0.717, 1.165) is 18.5 Å². The third-order valence-electron chi connectivity index (χ3n) is 11.7. The molecule has 52 heavy (non-hydrogen) atoms. The fraction of sp³-hybridized carbons (Fsp3) is 0.163. The molecule has 252 valence electrons. The molecule has 5 aliphatic rings. The molecule has 4 atom stereocenters. The van der Waals surface area contributed by atoms with E-state index >= 15 is 0 Å². The number of para-hydroxylation sites is 2. The van der Waals surface area contributed by atoms with Crippen molar-refractivity contribution in [3.05, 3.63) is 214 Å². The number of aromatic nitrogens is 1. The molecule has 1 N–H and O–H groups in total. The van der Waals surface area contributed by atoms with E-state index in [2.05, 4.69) is 182 Å². The van der Waals surface area contributed by atoms with Gasteiger partial charge < -0.3 is 10.2 Å². The van der Waals surface area contributed by atoms with Crippen molar-refractivity contribution in [2.45, 2.75) is 38.1 Å². The first-order valence-electron chi connectivity index (χ1n) is 18.7. The van der Waals surface area contributed by atoms with Crippen LogP contribution < -0.4 is 10.2 Å². The first kappa shape index (κ1) is 30.9. The van der Waals surface area contributed by atoms with E-state index in [1.807, 2.05) is 6.20 Å². The van der Waals surface area contributed by atoms with Gasteiger partial charge in [-0.15, -0.1) is 0 Å². The molecule has 3 aliphatic carbocycles. The summed E-state index contributed by atoms with van der Waals surface area (Å²) in [4.78, 5) is 7.65. The van der Waals surface area contributed by atoms with Crippen LogP contribution in [0.15, 0.2) is 187 Å². The summed E-state index contributed by atoms with van der Waals surface area (Å²) < 4.78 is 0. The number of benzene rings is 4. The van der Waals surface area contributed by atoms with Gasteiger partial charge in [0.1, 0.15) is 0 Å². The molecule has 1 spiro atoms. The van der Waals surface area contributed by atoms with Crippen LogP contribution in [0.1, 0.15) is 60.5 Å². The standard InChI is InChI=1S/C49H41N3/c1-32-14-11-18-35(28-32)44-30-37(34-16-5-3-6-17-34)31-45(51-44)36-25-26-39-43(29-36)49(41-23-13-27-50-47(39)41)40-21-9-10-24-46(40)52(38-19-7-4-8-20-38)48-33(2)15-12-22-42(48)49/h3-14,16-27,29-33,45,51H,15,28H2,1-2H3. The summed E-state index contributed by atoms with van der Waals surface area (Å²) >= 11 is 0. The molecule has 0 fully saturated rings. The summed E-state index contributed by atoms with van der Waals surface area (Å²) in [7, 11) is 0. The van der Waals surface area contributed by atoms with Gasteiger partial charge >= 0.3 is 0 Å². The minimum absolute atomic E-state index is 0.00902. The van der Waals surface area contributed by atoms with Gasteiger partial charge in [0.15, 0.2) is 0 Å². The highest BCUT2D eigenvalue weighted by Crippen LogP contribution is 2.63. The SMILES string of the molecule is CC1C=CC=C(C2=CC(c3ccccc3)=CC(c3ccc4c(c3)C3(C5=C(C(C)CC=C5)N(c5ccccc5)c5ccccc53)c3cccnc3-4)N2)C1. The number of hydrogen-bond donors (Lipinski definition) is 1. The molecule has 3 heterocycles. The summed E-state index contributed by atoms with van der Waals surface area (Å²) in [5.41, 5.74) is 17.1. The monoisotopic (exact) mass is 671 g/mol. The average Bonchev–Trinajstić information content (AvgIpc) is 3.49. The van der Waals surface area contributed by atoms with Crippen molar-refractivity contribution < 1.29 is 0 Å².